The van der Waals surface area contributed by atoms with E-state index in [9.17, 15) is 0 Å². The second-order valence-corrected chi connectivity index (χ2v) is 11.7. The molecule has 0 bridgehead atoms. The zero-order chi connectivity index (χ0) is 30.5. The molecule has 5 heteroatoms. The predicted molar refractivity (Wildman–Crippen MR) is 192 cm³/mol. The van der Waals surface area contributed by atoms with Crippen molar-refractivity contribution in [3.05, 3.63) is 162 Å². The van der Waals surface area contributed by atoms with E-state index >= 15 is 0 Å². The zero-order valence-electron chi connectivity index (χ0n) is 26.0. The van der Waals surface area contributed by atoms with Crippen molar-refractivity contribution in [3.8, 4) is 0 Å². The van der Waals surface area contributed by atoms with Gasteiger partial charge in [-0.3, -0.25) is 0 Å². The SMILES string of the molecule is Cc1ccc(C(C)C)cc1.Cc1ccc(C(C)C)cc1.Sc1ccccc1.Sc1ccccc1.Sc1ccccc1.[Ru+3].[Ru+3]. The van der Waals surface area contributed by atoms with Crippen molar-refractivity contribution in [2.75, 3.05) is 0 Å². The van der Waals surface area contributed by atoms with E-state index in [1.54, 1.807) is 0 Å². The third-order valence-corrected chi connectivity index (χ3v) is 6.65. The number of rotatable bonds is 2. The van der Waals surface area contributed by atoms with Crippen LogP contribution in [0.5, 0.6) is 0 Å². The smallest absolute Gasteiger partial charge is 0.143 e. The summed E-state index contributed by atoms with van der Waals surface area (Å²) in [6.45, 7) is 13.1. The molecule has 0 spiro atoms. The van der Waals surface area contributed by atoms with Crippen molar-refractivity contribution in [1.29, 1.82) is 0 Å². The molecular formula is C38H46Ru2S3+6. The van der Waals surface area contributed by atoms with Crippen LogP contribution in [-0.4, -0.2) is 0 Å². The summed E-state index contributed by atoms with van der Waals surface area (Å²) < 4.78 is 0. The van der Waals surface area contributed by atoms with E-state index in [1.165, 1.54) is 22.3 Å². The van der Waals surface area contributed by atoms with Crippen LogP contribution >= 0.6 is 37.9 Å². The van der Waals surface area contributed by atoms with E-state index in [0.29, 0.717) is 11.8 Å². The number of benzene rings is 5. The molecule has 0 N–H and O–H groups in total. The second-order valence-electron chi connectivity index (χ2n) is 10.1. The van der Waals surface area contributed by atoms with Crippen molar-refractivity contribution in [2.24, 2.45) is 0 Å². The first kappa shape index (κ1) is 43.5. The maximum Gasteiger partial charge on any atom is 3.00 e. The van der Waals surface area contributed by atoms with Gasteiger partial charge in [-0.25, -0.2) is 0 Å². The molecule has 5 aromatic rings. The van der Waals surface area contributed by atoms with Gasteiger partial charge in [0.05, 0.1) is 0 Å². The molecule has 0 aliphatic heterocycles. The Balaban J connectivity index is 0. The molecule has 0 aromatic heterocycles. The van der Waals surface area contributed by atoms with Gasteiger partial charge in [-0.15, -0.1) is 37.9 Å². The molecule has 5 aromatic carbocycles. The zero-order valence-corrected chi connectivity index (χ0v) is 32.1. The molecule has 0 saturated heterocycles. The van der Waals surface area contributed by atoms with Crippen LogP contribution in [0.3, 0.4) is 0 Å². The molecule has 43 heavy (non-hydrogen) atoms. The standard InChI is InChI=1S/2C10H14.3C6H6S.2Ru/c2*1-8(2)10-6-4-9(3)5-7-10;3*7-6-4-2-1-3-5-6;;/h2*4-8H,1-3H3;3*1-5,7H;;/q;;;;;2*+3. The minimum atomic E-state index is 0. The van der Waals surface area contributed by atoms with Crippen LogP contribution in [0.4, 0.5) is 0 Å². The summed E-state index contributed by atoms with van der Waals surface area (Å²) >= 11 is 12.3. The Bertz CT molecular complexity index is 1150. The van der Waals surface area contributed by atoms with Crippen molar-refractivity contribution < 1.29 is 39.0 Å². The third kappa shape index (κ3) is 23.4. The van der Waals surface area contributed by atoms with Crippen LogP contribution in [0.1, 0.15) is 61.8 Å². The van der Waals surface area contributed by atoms with Crippen molar-refractivity contribution in [3.63, 3.8) is 0 Å². The van der Waals surface area contributed by atoms with Gasteiger partial charge in [0.15, 0.2) is 0 Å². The minimum Gasteiger partial charge on any atom is -0.143 e. The van der Waals surface area contributed by atoms with Gasteiger partial charge in [0, 0.05) is 14.7 Å². The Morgan fingerprint density at radius 3 is 0.698 bits per heavy atom. The maximum absolute atomic E-state index is 4.08. The van der Waals surface area contributed by atoms with Gasteiger partial charge in [-0.1, -0.05) is 142 Å². The van der Waals surface area contributed by atoms with E-state index < -0.39 is 0 Å². The fourth-order valence-corrected chi connectivity index (χ4v) is 3.70. The van der Waals surface area contributed by atoms with Crippen molar-refractivity contribution >= 4 is 37.9 Å². The molecule has 0 aliphatic rings. The Hall–Kier alpha value is -1.60. The first-order valence-corrected chi connectivity index (χ1v) is 15.3. The summed E-state index contributed by atoms with van der Waals surface area (Å²) in [4.78, 5) is 3.05. The molecule has 0 saturated carbocycles. The Morgan fingerprint density at radius 2 is 0.558 bits per heavy atom. The molecule has 5 rings (SSSR count). The predicted octanol–water partition coefficient (Wildman–Crippen LogP) is 12.2. The van der Waals surface area contributed by atoms with Crippen LogP contribution < -0.4 is 0 Å². The summed E-state index contributed by atoms with van der Waals surface area (Å²) in [5, 5.41) is 0. The van der Waals surface area contributed by atoms with Crippen LogP contribution in [-0.2, 0) is 39.0 Å². The summed E-state index contributed by atoms with van der Waals surface area (Å²) in [6, 6.07) is 46.8. The summed E-state index contributed by atoms with van der Waals surface area (Å²) in [5.74, 6) is 1.31. The van der Waals surface area contributed by atoms with Gasteiger partial charge in [0.1, 0.15) is 0 Å². The van der Waals surface area contributed by atoms with Gasteiger partial charge < -0.3 is 0 Å². The fraction of sp³-hybridized carbons (Fsp3) is 0.211. The summed E-state index contributed by atoms with van der Waals surface area (Å²) in [5.41, 5.74) is 5.52. The topological polar surface area (TPSA) is 0 Å². The summed E-state index contributed by atoms with van der Waals surface area (Å²) in [6.07, 6.45) is 0. The van der Waals surface area contributed by atoms with Gasteiger partial charge in [-0.2, -0.15) is 0 Å². The maximum atomic E-state index is 4.08. The van der Waals surface area contributed by atoms with E-state index in [4.69, 9.17) is 0 Å². The monoisotopic (exact) mass is 802 g/mol. The molecule has 0 aliphatic carbocycles. The molecule has 2 radical (unpaired) electrons. The quantitative estimate of drug-likeness (QED) is 0.115. The average Bonchev–Trinajstić information content (AvgIpc) is 2.96. The first-order valence-electron chi connectivity index (χ1n) is 13.9. The molecule has 0 nitrogen and oxygen atoms in total. The molecule has 226 valence electrons. The Morgan fingerprint density at radius 1 is 0.349 bits per heavy atom. The molecule has 0 heterocycles. The van der Waals surface area contributed by atoms with Crippen LogP contribution in [0.15, 0.2) is 154 Å². The van der Waals surface area contributed by atoms with Crippen LogP contribution in [0, 0.1) is 13.8 Å². The van der Waals surface area contributed by atoms with Gasteiger partial charge >= 0.3 is 39.0 Å². The average molecular weight is 801 g/mol. The van der Waals surface area contributed by atoms with E-state index in [1.807, 2.05) is 91.0 Å². The van der Waals surface area contributed by atoms with Crippen molar-refractivity contribution in [1.82, 2.24) is 0 Å². The number of aryl methyl sites for hydroxylation is 2. The first-order chi connectivity index (χ1) is 19.6. The van der Waals surface area contributed by atoms with E-state index in [-0.39, 0.29) is 39.0 Å². The van der Waals surface area contributed by atoms with Gasteiger partial charge in [0.2, 0.25) is 0 Å². The van der Waals surface area contributed by atoms with Crippen molar-refractivity contribution in [2.45, 2.75) is 68.1 Å². The number of thiol groups is 3. The van der Waals surface area contributed by atoms with E-state index in [2.05, 4.69) is 128 Å². The van der Waals surface area contributed by atoms with Gasteiger partial charge in [0.25, 0.3) is 0 Å². The van der Waals surface area contributed by atoms with Crippen LogP contribution in [0.25, 0.3) is 0 Å². The second kappa shape index (κ2) is 26.8. The van der Waals surface area contributed by atoms with E-state index in [0.717, 1.165) is 14.7 Å². The number of hydrogen-bond donors (Lipinski definition) is 3. The van der Waals surface area contributed by atoms with Gasteiger partial charge in [-0.05, 0) is 73.2 Å². The number of hydrogen-bond acceptors (Lipinski definition) is 3. The minimum absolute atomic E-state index is 0. The fourth-order valence-electron chi connectivity index (χ4n) is 3.19. The van der Waals surface area contributed by atoms with Crippen LogP contribution in [0.2, 0.25) is 0 Å². The molecule has 0 unspecified atom stereocenters. The normalized spacial score (nSPS) is 9.09. The molecule has 0 atom stereocenters. The Labute approximate surface area is 304 Å². The molecular weight excluding hydrogens is 755 g/mol. The Kier molecular flexibility index (Phi) is 27.1. The third-order valence-electron chi connectivity index (χ3n) is 5.76. The largest absolute Gasteiger partial charge is 3.00 e. The molecule has 0 amide bonds. The molecule has 0 fully saturated rings. The summed E-state index contributed by atoms with van der Waals surface area (Å²) in [7, 11) is 0.